The highest BCUT2D eigenvalue weighted by atomic mass is 16.5. The van der Waals surface area contributed by atoms with Gasteiger partial charge in [-0.15, -0.1) is 0 Å². The topological polar surface area (TPSA) is 75.9 Å². The normalized spacial score (nSPS) is 20.8. The van der Waals surface area contributed by atoms with Crippen molar-refractivity contribution in [1.29, 1.82) is 0 Å². The van der Waals surface area contributed by atoms with Crippen molar-refractivity contribution in [3.05, 3.63) is 24.3 Å². The van der Waals surface area contributed by atoms with Crippen molar-refractivity contribution in [3.63, 3.8) is 0 Å². The largest absolute Gasteiger partial charge is 0.477 e. The van der Waals surface area contributed by atoms with Gasteiger partial charge in [-0.25, -0.2) is 0 Å². The summed E-state index contributed by atoms with van der Waals surface area (Å²) in [4.78, 5) is 28.4. The lowest BCUT2D eigenvalue weighted by molar-refractivity contribution is -0.125. The maximum Gasteiger partial charge on any atom is 0.260 e. The maximum absolute atomic E-state index is 12.9. The van der Waals surface area contributed by atoms with Crippen LogP contribution in [0.4, 0.5) is 5.69 Å². The molecule has 1 aliphatic carbocycles. The number of carbonyl (C=O) groups is 2. The van der Waals surface area contributed by atoms with Crippen molar-refractivity contribution in [2.75, 3.05) is 24.5 Å². The number of anilines is 1. The summed E-state index contributed by atoms with van der Waals surface area (Å²) in [6.45, 7) is 3.47. The molecule has 24 heavy (non-hydrogen) atoms. The minimum absolute atomic E-state index is 0.00856. The molecule has 1 heterocycles. The zero-order valence-electron chi connectivity index (χ0n) is 14.1. The molecule has 0 spiro atoms. The van der Waals surface area contributed by atoms with Gasteiger partial charge in [-0.2, -0.15) is 0 Å². The fourth-order valence-corrected chi connectivity index (χ4v) is 3.65. The number of benzene rings is 1. The molecule has 1 aromatic carbocycles. The third kappa shape index (κ3) is 3.38. The molecule has 0 bridgehead atoms. The Morgan fingerprint density at radius 1 is 1.29 bits per heavy atom. The molecule has 2 aliphatic rings. The third-order valence-corrected chi connectivity index (χ3v) is 4.98. The van der Waals surface area contributed by atoms with Crippen molar-refractivity contribution in [1.82, 2.24) is 4.90 Å². The van der Waals surface area contributed by atoms with E-state index in [2.05, 4.69) is 11.8 Å². The van der Waals surface area contributed by atoms with Crippen LogP contribution in [0.3, 0.4) is 0 Å². The Balaban J connectivity index is 1.78. The molecule has 1 aromatic rings. The predicted molar refractivity (Wildman–Crippen MR) is 91.9 cm³/mol. The zero-order valence-corrected chi connectivity index (χ0v) is 14.1. The van der Waals surface area contributed by atoms with Crippen LogP contribution in [-0.2, 0) is 9.59 Å². The molecular formula is C18H25N3O3. The first kappa shape index (κ1) is 16.8. The smallest absolute Gasteiger partial charge is 0.260 e. The zero-order chi connectivity index (χ0) is 17.1. The van der Waals surface area contributed by atoms with Crippen LogP contribution in [-0.4, -0.2) is 48.5 Å². The summed E-state index contributed by atoms with van der Waals surface area (Å²) in [6, 6.07) is 7.78. The highest BCUT2D eigenvalue weighted by Crippen LogP contribution is 2.33. The summed E-state index contributed by atoms with van der Waals surface area (Å²) in [6.07, 6.45) is 3.99. The van der Waals surface area contributed by atoms with Crippen molar-refractivity contribution >= 4 is 17.5 Å². The van der Waals surface area contributed by atoms with Gasteiger partial charge >= 0.3 is 0 Å². The Morgan fingerprint density at radius 3 is 2.67 bits per heavy atom. The van der Waals surface area contributed by atoms with Gasteiger partial charge in [0.1, 0.15) is 5.75 Å². The molecule has 6 heteroatoms. The number of hydrogen-bond donors (Lipinski definition) is 1. The van der Waals surface area contributed by atoms with E-state index in [4.69, 9.17) is 10.5 Å². The Hall–Kier alpha value is -2.08. The molecule has 1 saturated carbocycles. The van der Waals surface area contributed by atoms with Crippen LogP contribution in [0.5, 0.6) is 5.75 Å². The fourth-order valence-electron chi connectivity index (χ4n) is 3.65. The molecule has 2 amide bonds. The highest BCUT2D eigenvalue weighted by molar-refractivity contribution is 5.98. The van der Waals surface area contributed by atoms with Gasteiger partial charge in [0.2, 0.25) is 5.91 Å². The molecule has 1 atom stereocenters. The fraction of sp³-hybridized carbons (Fsp3) is 0.556. The summed E-state index contributed by atoms with van der Waals surface area (Å²) in [5, 5.41) is 0. The van der Waals surface area contributed by atoms with Gasteiger partial charge in [0, 0.05) is 6.04 Å². The van der Waals surface area contributed by atoms with Gasteiger partial charge < -0.3 is 15.4 Å². The van der Waals surface area contributed by atoms with Crippen LogP contribution < -0.4 is 15.4 Å². The van der Waals surface area contributed by atoms with Crippen LogP contribution in [0, 0.1) is 0 Å². The molecular weight excluding hydrogens is 306 g/mol. The number of para-hydroxylation sites is 2. The molecule has 2 N–H and O–H groups in total. The second-order valence-electron chi connectivity index (χ2n) is 6.48. The number of rotatable bonds is 5. The number of carbonyl (C=O) groups excluding carboxylic acids is 2. The van der Waals surface area contributed by atoms with Crippen LogP contribution >= 0.6 is 0 Å². The molecule has 6 nitrogen and oxygen atoms in total. The standard InChI is InChI=1S/C18H25N3O3/c1-2-20(13-7-3-4-8-13)12-17(22)21-11-16(18(19)23)24-15-10-6-5-9-14(15)21/h5-6,9-10,13,16H,2-4,7-8,11-12H2,1H3,(H2,19,23). The highest BCUT2D eigenvalue weighted by Gasteiger charge is 2.34. The lowest BCUT2D eigenvalue weighted by atomic mass is 10.1. The van der Waals surface area contributed by atoms with E-state index in [9.17, 15) is 9.59 Å². The van der Waals surface area contributed by atoms with Crippen LogP contribution in [0.15, 0.2) is 24.3 Å². The molecule has 1 fully saturated rings. The molecule has 0 saturated heterocycles. The van der Waals surface area contributed by atoms with Gasteiger partial charge in [0.25, 0.3) is 5.91 Å². The molecule has 0 radical (unpaired) electrons. The summed E-state index contributed by atoms with van der Waals surface area (Å²) < 4.78 is 5.62. The Morgan fingerprint density at radius 2 is 2.00 bits per heavy atom. The van der Waals surface area contributed by atoms with Crippen molar-refractivity contribution in [2.45, 2.75) is 44.8 Å². The van der Waals surface area contributed by atoms with Crippen LogP contribution in [0.1, 0.15) is 32.6 Å². The van der Waals surface area contributed by atoms with E-state index in [1.54, 1.807) is 11.0 Å². The second kappa shape index (κ2) is 7.21. The SMILES string of the molecule is CCN(CC(=O)N1CC(C(N)=O)Oc2ccccc21)C1CCCC1. The van der Waals surface area contributed by atoms with E-state index in [1.165, 1.54) is 12.8 Å². The van der Waals surface area contributed by atoms with Gasteiger partial charge in [0.05, 0.1) is 18.8 Å². The summed E-state index contributed by atoms with van der Waals surface area (Å²) in [5.74, 6) is -0.0268. The minimum atomic E-state index is -0.801. The molecule has 1 aliphatic heterocycles. The van der Waals surface area contributed by atoms with Crippen molar-refractivity contribution < 1.29 is 14.3 Å². The lowest BCUT2D eigenvalue weighted by Crippen LogP contribution is -2.52. The van der Waals surface area contributed by atoms with E-state index in [0.29, 0.717) is 24.0 Å². The first-order chi connectivity index (χ1) is 11.6. The monoisotopic (exact) mass is 331 g/mol. The number of ether oxygens (including phenoxy) is 1. The third-order valence-electron chi connectivity index (χ3n) is 4.98. The number of nitrogens with two attached hydrogens (primary N) is 1. The van der Waals surface area contributed by atoms with Gasteiger partial charge in [-0.05, 0) is 31.5 Å². The molecule has 0 aromatic heterocycles. The second-order valence-corrected chi connectivity index (χ2v) is 6.48. The summed E-state index contributed by atoms with van der Waals surface area (Å²) in [5.41, 5.74) is 6.11. The maximum atomic E-state index is 12.9. The van der Waals surface area contributed by atoms with E-state index >= 15 is 0 Å². The molecule has 3 rings (SSSR count). The average Bonchev–Trinajstić information content (AvgIpc) is 3.12. The number of primary amides is 1. The number of nitrogens with zero attached hydrogens (tertiary/aromatic N) is 2. The van der Waals surface area contributed by atoms with E-state index < -0.39 is 12.0 Å². The van der Waals surface area contributed by atoms with Gasteiger partial charge in [-0.1, -0.05) is 31.9 Å². The van der Waals surface area contributed by atoms with E-state index in [-0.39, 0.29) is 12.5 Å². The van der Waals surface area contributed by atoms with Gasteiger partial charge in [-0.3, -0.25) is 14.5 Å². The number of amides is 2. The number of fused-ring (bicyclic) bond motifs is 1. The Labute approximate surface area is 142 Å². The van der Waals surface area contributed by atoms with Gasteiger partial charge in [0.15, 0.2) is 6.10 Å². The van der Waals surface area contributed by atoms with E-state index in [0.717, 1.165) is 19.4 Å². The minimum Gasteiger partial charge on any atom is -0.477 e. The predicted octanol–water partition coefficient (Wildman–Crippen LogP) is 1.53. The first-order valence-electron chi connectivity index (χ1n) is 8.69. The molecule has 1 unspecified atom stereocenters. The van der Waals surface area contributed by atoms with Crippen LogP contribution in [0.25, 0.3) is 0 Å². The summed E-state index contributed by atoms with van der Waals surface area (Å²) >= 11 is 0. The number of hydrogen-bond acceptors (Lipinski definition) is 4. The summed E-state index contributed by atoms with van der Waals surface area (Å²) in [7, 11) is 0. The average molecular weight is 331 g/mol. The molecule has 130 valence electrons. The Kier molecular flexibility index (Phi) is 5.04. The Bertz CT molecular complexity index is 613. The van der Waals surface area contributed by atoms with Crippen molar-refractivity contribution in [3.8, 4) is 5.75 Å². The number of likely N-dealkylation sites (N-methyl/N-ethyl adjacent to an activating group) is 1. The quantitative estimate of drug-likeness (QED) is 0.888. The van der Waals surface area contributed by atoms with Crippen LogP contribution in [0.2, 0.25) is 0 Å². The first-order valence-corrected chi connectivity index (χ1v) is 8.69. The van der Waals surface area contributed by atoms with Crippen molar-refractivity contribution in [2.24, 2.45) is 5.73 Å². The van der Waals surface area contributed by atoms with E-state index in [1.807, 2.05) is 18.2 Å². The lowest BCUT2D eigenvalue weighted by Gasteiger charge is -2.35.